The number of nitrogens with one attached hydrogen (secondary N) is 3. The maximum absolute atomic E-state index is 12.8. The Bertz CT molecular complexity index is 924. The molecule has 0 spiro atoms. The van der Waals surface area contributed by atoms with Crippen molar-refractivity contribution in [2.45, 2.75) is 44.1 Å². The van der Waals surface area contributed by atoms with Crippen molar-refractivity contribution in [1.29, 1.82) is 5.26 Å². The maximum atomic E-state index is 12.8. The third-order valence-electron chi connectivity index (χ3n) is 5.94. The number of aliphatic imine (C=N–C) groups is 1. The number of amides is 1. The van der Waals surface area contributed by atoms with Crippen LogP contribution in [0.25, 0.3) is 0 Å². The predicted molar refractivity (Wildman–Crippen MR) is 119 cm³/mol. The van der Waals surface area contributed by atoms with E-state index in [2.05, 4.69) is 45.2 Å². The number of benzene rings is 2. The standard InChI is InChI=1S/C24H29N5O/c1-18-7-6-8-19(15-18)22(30)27-16-24(20-9-4-3-5-10-20)13-11-21(12-14-24)29-23(26-2)28-17-25/h3-10,15,21H,11-14,16H2,1-2H3,(H,27,30)(H2,26,28,29)/t21-,24-. The van der Waals surface area contributed by atoms with Crippen LogP contribution in [-0.2, 0) is 5.41 Å². The van der Waals surface area contributed by atoms with Gasteiger partial charge in [-0.3, -0.25) is 4.79 Å². The van der Waals surface area contributed by atoms with Gasteiger partial charge in [-0.2, -0.15) is 5.26 Å². The molecule has 0 radical (unpaired) electrons. The molecule has 30 heavy (non-hydrogen) atoms. The molecule has 0 atom stereocenters. The van der Waals surface area contributed by atoms with Gasteiger partial charge in [-0.25, -0.2) is 0 Å². The van der Waals surface area contributed by atoms with Crippen molar-refractivity contribution in [2.24, 2.45) is 4.99 Å². The molecule has 0 aliphatic heterocycles. The molecule has 1 saturated carbocycles. The molecule has 1 amide bonds. The van der Waals surface area contributed by atoms with Gasteiger partial charge in [0.05, 0.1) is 0 Å². The van der Waals surface area contributed by atoms with Gasteiger partial charge in [0, 0.05) is 30.6 Å². The van der Waals surface area contributed by atoms with E-state index in [4.69, 9.17) is 5.26 Å². The van der Waals surface area contributed by atoms with E-state index in [1.165, 1.54) is 5.56 Å². The quantitative estimate of drug-likeness (QED) is 0.406. The summed E-state index contributed by atoms with van der Waals surface area (Å²) in [6, 6.07) is 18.4. The van der Waals surface area contributed by atoms with Crippen LogP contribution in [0, 0.1) is 18.4 Å². The van der Waals surface area contributed by atoms with Gasteiger partial charge in [0.25, 0.3) is 5.91 Å². The minimum Gasteiger partial charge on any atom is -0.359 e. The van der Waals surface area contributed by atoms with Gasteiger partial charge in [0.15, 0.2) is 0 Å². The zero-order chi connectivity index (χ0) is 21.4. The Morgan fingerprint density at radius 2 is 1.90 bits per heavy atom. The highest BCUT2D eigenvalue weighted by Crippen LogP contribution is 2.39. The zero-order valence-corrected chi connectivity index (χ0v) is 17.6. The minimum atomic E-state index is -0.106. The summed E-state index contributed by atoms with van der Waals surface area (Å²) in [6.07, 6.45) is 5.56. The first-order valence-electron chi connectivity index (χ1n) is 10.4. The molecule has 1 aliphatic rings. The van der Waals surface area contributed by atoms with Crippen molar-refractivity contribution in [2.75, 3.05) is 13.6 Å². The molecule has 0 heterocycles. The van der Waals surface area contributed by atoms with Gasteiger partial charge in [-0.05, 0) is 50.3 Å². The molecule has 3 rings (SSSR count). The Morgan fingerprint density at radius 1 is 1.17 bits per heavy atom. The van der Waals surface area contributed by atoms with Crippen molar-refractivity contribution in [1.82, 2.24) is 16.0 Å². The lowest BCUT2D eigenvalue weighted by Gasteiger charge is -2.41. The first-order chi connectivity index (χ1) is 14.6. The topological polar surface area (TPSA) is 89.3 Å². The molecule has 2 aromatic carbocycles. The Morgan fingerprint density at radius 3 is 2.53 bits per heavy atom. The van der Waals surface area contributed by atoms with E-state index in [0.29, 0.717) is 18.1 Å². The van der Waals surface area contributed by atoms with Crippen molar-refractivity contribution in [3.05, 3.63) is 71.3 Å². The number of nitriles is 1. The second-order valence-corrected chi connectivity index (χ2v) is 7.93. The van der Waals surface area contributed by atoms with Gasteiger partial charge in [0.1, 0.15) is 0 Å². The van der Waals surface area contributed by atoms with Crippen molar-refractivity contribution in [3.63, 3.8) is 0 Å². The lowest BCUT2D eigenvalue weighted by atomic mass is 9.68. The number of guanidine groups is 1. The SMILES string of the molecule is CN/C(=N\C#N)N[C@H]1CC[C@](CNC(=O)c2cccc(C)c2)(c2ccccc2)CC1. The number of aryl methyl sites for hydroxylation is 1. The third-order valence-corrected chi connectivity index (χ3v) is 5.94. The van der Waals surface area contributed by atoms with E-state index >= 15 is 0 Å². The summed E-state index contributed by atoms with van der Waals surface area (Å²) in [5.41, 5.74) is 2.92. The van der Waals surface area contributed by atoms with Crippen LogP contribution in [-0.4, -0.2) is 31.5 Å². The fraction of sp³-hybridized carbons (Fsp3) is 0.375. The molecular formula is C24H29N5O. The smallest absolute Gasteiger partial charge is 0.251 e. The second-order valence-electron chi connectivity index (χ2n) is 7.93. The van der Waals surface area contributed by atoms with Gasteiger partial charge in [0.2, 0.25) is 12.2 Å². The second kappa shape index (κ2) is 9.93. The lowest BCUT2D eigenvalue weighted by Crippen LogP contribution is -2.49. The van der Waals surface area contributed by atoms with Crippen LogP contribution in [0.2, 0.25) is 0 Å². The summed E-state index contributed by atoms with van der Waals surface area (Å²) in [7, 11) is 1.75. The van der Waals surface area contributed by atoms with E-state index in [1.807, 2.05) is 43.4 Å². The van der Waals surface area contributed by atoms with Gasteiger partial charge < -0.3 is 16.0 Å². The Labute approximate surface area is 178 Å². The van der Waals surface area contributed by atoms with Crippen molar-refractivity contribution >= 4 is 11.9 Å². The number of carbonyl (C=O) groups excluding carboxylic acids is 1. The van der Waals surface area contributed by atoms with Crippen molar-refractivity contribution < 1.29 is 4.79 Å². The highest BCUT2D eigenvalue weighted by atomic mass is 16.1. The van der Waals surface area contributed by atoms with E-state index in [0.717, 1.165) is 31.2 Å². The molecule has 2 aromatic rings. The summed E-state index contributed by atoms with van der Waals surface area (Å²) < 4.78 is 0. The average molecular weight is 404 g/mol. The molecule has 0 aromatic heterocycles. The molecule has 6 nitrogen and oxygen atoms in total. The van der Waals surface area contributed by atoms with E-state index in [9.17, 15) is 4.79 Å². The summed E-state index contributed by atoms with van der Waals surface area (Å²) in [5.74, 6) is 0.468. The number of nitrogens with zero attached hydrogens (tertiary/aromatic N) is 2. The fourth-order valence-corrected chi connectivity index (χ4v) is 4.22. The van der Waals surface area contributed by atoms with Crippen LogP contribution in [0.3, 0.4) is 0 Å². The lowest BCUT2D eigenvalue weighted by molar-refractivity contribution is 0.0935. The molecule has 0 bridgehead atoms. The molecule has 3 N–H and O–H groups in total. The minimum absolute atomic E-state index is 0.0344. The number of carbonyl (C=O) groups is 1. The monoisotopic (exact) mass is 403 g/mol. The zero-order valence-electron chi connectivity index (χ0n) is 17.6. The largest absolute Gasteiger partial charge is 0.359 e. The molecule has 1 fully saturated rings. The molecule has 6 heteroatoms. The predicted octanol–water partition coefficient (Wildman–Crippen LogP) is 3.25. The molecule has 0 saturated heterocycles. The summed E-state index contributed by atoms with van der Waals surface area (Å²) >= 11 is 0. The molecule has 0 unspecified atom stereocenters. The highest BCUT2D eigenvalue weighted by molar-refractivity contribution is 5.94. The van der Waals surface area contributed by atoms with E-state index < -0.39 is 0 Å². The Hall–Kier alpha value is -3.33. The molecule has 1 aliphatic carbocycles. The molecule has 156 valence electrons. The number of hydrogen-bond acceptors (Lipinski definition) is 3. The van der Waals surface area contributed by atoms with Crippen LogP contribution in [0.1, 0.15) is 47.2 Å². The normalized spacial score (nSPS) is 21.4. The van der Waals surface area contributed by atoms with Crippen LogP contribution < -0.4 is 16.0 Å². The maximum Gasteiger partial charge on any atom is 0.251 e. The van der Waals surface area contributed by atoms with Crippen LogP contribution in [0.15, 0.2) is 59.6 Å². The van der Waals surface area contributed by atoms with Crippen LogP contribution in [0.5, 0.6) is 0 Å². The van der Waals surface area contributed by atoms with Crippen molar-refractivity contribution in [3.8, 4) is 6.19 Å². The Kier molecular flexibility index (Phi) is 7.08. The average Bonchev–Trinajstić information content (AvgIpc) is 2.78. The Balaban J connectivity index is 1.72. The van der Waals surface area contributed by atoms with Gasteiger partial charge in [-0.1, -0.05) is 48.0 Å². The molecular weight excluding hydrogens is 374 g/mol. The first kappa shape index (κ1) is 21.4. The summed E-state index contributed by atoms with van der Waals surface area (Å²) in [5, 5.41) is 18.2. The fourth-order valence-electron chi connectivity index (χ4n) is 4.22. The van der Waals surface area contributed by atoms with E-state index in [1.54, 1.807) is 7.05 Å². The summed E-state index contributed by atoms with van der Waals surface area (Å²) in [4.78, 5) is 16.5. The number of rotatable bonds is 5. The van der Waals surface area contributed by atoms with Gasteiger partial charge >= 0.3 is 0 Å². The number of hydrogen-bond donors (Lipinski definition) is 3. The first-order valence-corrected chi connectivity index (χ1v) is 10.4. The highest BCUT2D eigenvalue weighted by Gasteiger charge is 2.37. The van der Waals surface area contributed by atoms with E-state index in [-0.39, 0.29) is 17.4 Å². The van der Waals surface area contributed by atoms with Gasteiger partial charge in [-0.15, -0.1) is 4.99 Å². The summed E-state index contributed by atoms with van der Waals surface area (Å²) in [6.45, 7) is 2.59. The van der Waals surface area contributed by atoms with Crippen LogP contribution in [0.4, 0.5) is 0 Å². The third kappa shape index (κ3) is 5.18. The van der Waals surface area contributed by atoms with Crippen LogP contribution >= 0.6 is 0 Å².